The van der Waals surface area contributed by atoms with Gasteiger partial charge < -0.3 is 15.0 Å². The Labute approximate surface area is 235 Å². The Morgan fingerprint density at radius 2 is 2.18 bits per heavy atom. The standard InChI is InChI=1S/C28H31ClFN5O3S/c1-2-38-25(37)13-18-5-3-10-34(15-18)11-4-6-24(36)35-12-9-20-23(16-35)39-28-26(20)27(31-17-32-28)33-19-7-8-22(30)21(29)14-19/h4,6-8,14,17-18H,2-3,5,9-13,15-16H2,1H3,(H,31,32,33). The van der Waals surface area contributed by atoms with Gasteiger partial charge in [-0.05, 0) is 62.4 Å². The van der Waals surface area contributed by atoms with Crippen LogP contribution in [0.3, 0.4) is 0 Å². The van der Waals surface area contributed by atoms with E-state index < -0.39 is 5.82 Å². The molecule has 2 aromatic heterocycles. The summed E-state index contributed by atoms with van der Waals surface area (Å²) in [6.45, 7) is 5.85. The molecule has 2 aliphatic heterocycles. The minimum atomic E-state index is -0.476. The molecule has 1 fully saturated rings. The molecule has 2 aliphatic rings. The second kappa shape index (κ2) is 12.4. The summed E-state index contributed by atoms with van der Waals surface area (Å²) in [7, 11) is 0. The van der Waals surface area contributed by atoms with E-state index in [1.54, 1.807) is 23.5 Å². The molecule has 0 bridgehead atoms. The fraction of sp³-hybridized carbons (Fsp3) is 0.429. The zero-order chi connectivity index (χ0) is 27.4. The van der Waals surface area contributed by atoms with E-state index in [0.29, 0.717) is 56.5 Å². The number of thiophene rings is 1. The number of hydrogen-bond donors (Lipinski definition) is 1. The average Bonchev–Trinajstić information content (AvgIpc) is 3.30. The summed E-state index contributed by atoms with van der Waals surface area (Å²) >= 11 is 7.51. The predicted molar refractivity (Wildman–Crippen MR) is 151 cm³/mol. The van der Waals surface area contributed by atoms with Gasteiger partial charge in [0.15, 0.2) is 0 Å². The minimum absolute atomic E-state index is 0.0106. The van der Waals surface area contributed by atoms with Crippen LogP contribution in [-0.4, -0.2) is 64.4 Å². The van der Waals surface area contributed by atoms with Crippen molar-refractivity contribution >= 4 is 56.5 Å². The molecule has 11 heteroatoms. The largest absolute Gasteiger partial charge is 0.466 e. The van der Waals surface area contributed by atoms with Gasteiger partial charge >= 0.3 is 5.97 Å². The van der Waals surface area contributed by atoms with Crippen LogP contribution in [-0.2, 0) is 27.3 Å². The number of rotatable bonds is 8. The van der Waals surface area contributed by atoms with Crippen LogP contribution >= 0.6 is 22.9 Å². The Balaban J connectivity index is 1.21. The number of amides is 1. The van der Waals surface area contributed by atoms with Crippen molar-refractivity contribution in [1.29, 1.82) is 0 Å². The van der Waals surface area contributed by atoms with Gasteiger partial charge in [-0.1, -0.05) is 17.7 Å². The second-order valence-corrected chi connectivity index (χ2v) is 11.3. The van der Waals surface area contributed by atoms with E-state index in [1.807, 2.05) is 17.9 Å². The number of ether oxygens (including phenoxy) is 1. The molecule has 0 radical (unpaired) electrons. The highest BCUT2D eigenvalue weighted by molar-refractivity contribution is 7.19. The van der Waals surface area contributed by atoms with E-state index >= 15 is 0 Å². The Kier molecular flexibility index (Phi) is 8.74. The molecule has 1 saturated heterocycles. The molecule has 3 aromatic rings. The molecule has 4 heterocycles. The first-order chi connectivity index (χ1) is 18.9. The van der Waals surface area contributed by atoms with Crippen LogP contribution in [0, 0.1) is 11.7 Å². The van der Waals surface area contributed by atoms with Crippen LogP contribution in [0.4, 0.5) is 15.9 Å². The van der Waals surface area contributed by atoms with Crippen molar-refractivity contribution in [3.05, 3.63) is 58.0 Å². The predicted octanol–water partition coefficient (Wildman–Crippen LogP) is 5.33. The van der Waals surface area contributed by atoms with E-state index in [-0.39, 0.29) is 16.9 Å². The van der Waals surface area contributed by atoms with Gasteiger partial charge in [-0.25, -0.2) is 14.4 Å². The topological polar surface area (TPSA) is 87.7 Å². The molecule has 0 saturated carbocycles. The summed E-state index contributed by atoms with van der Waals surface area (Å²) in [5.41, 5.74) is 1.78. The lowest BCUT2D eigenvalue weighted by Gasteiger charge is -2.31. The number of carbonyl (C=O) groups excluding carboxylic acids is 2. The number of nitrogens with zero attached hydrogens (tertiary/aromatic N) is 4. The second-order valence-electron chi connectivity index (χ2n) is 9.85. The number of carbonyl (C=O) groups is 2. The fourth-order valence-corrected chi connectivity index (χ4v) is 6.65. The van der Waals surface area contributed by atoms with Crippen LogP contribution in [0.25, 0.3) is 10.2 Å². The van der Waals surface area contributed by atoms with Gasteiger partial charge in [0.2, 0.25) is 5.91 Å². The zero-order valence-corrected chi connectivity index (χ0v) is 23.4. The summed E-state index contributed by atoms with van der Waals surface area (Å²) in [6.07, 6.45) is 8.32. The van der Waals surface area contributed by atoms with E-state index in [1.165, 1.54) is 18.5 Å². The molecule has 39 heavy (non-hydrogen) atoms. The number of esters is 1. The molecule has 1 amide bonds. The third-order valence-electron chi connectivity index (χ3n) is 7.12. The lowest BCUT2D eigenvalue weighted by atomic mass is 9.95. The lowest BCUT2D eigenvalue weighted by Crippen LogP contribution is -2.37. The Morgan fingerprint density at radius 3 is 3.00 bits per heavy atom. The van der Waals surface area contributed by atoms with Crippen molar-refractivity contribution in [2.75, 3.05) is 38.1 Å². The molecule has 1 unspecified atom stereocenters. The van der Waals surface area contributed by atoms with Gasteiger partial charge in [0.05, 0.1) is 23.6 Å². The normalized spacial score (nSPS) is 17.9. The van der Waals surface area contributed by atoms with Gasteiger partial charge in [0.25, 0.3) is 0 Å². The lowest BCUT2D eigenvalue weighted by molar-refractivity contribution is -0.144. The van der Waals surface area contributed by atoms with Crippen LogP contribution in [0.1, 0.15) is 36.6 Å². The maximum absolute atomic E-state index is 13.6. The number of fused-ring (bicyclic) bond motifs is 3. The molecule has 1 atom stereocenters. The first kappa shape index (κ1) is 27.5. The van der Waals surface area contributed by atoms with Crippen molar-refractivity contribution in [2.45, 2.75) is 39.2 Å². The highest BCUT2D eigenvalue weighted by Gasteiger charge is 2.26. The highest BCUT2D eigenvalue weighted by Crippen LogP contribution is 2.38. The van der Waals surface area contributed by atoms with Crippen molar-refractivity contribution in [3.63, 3.8) is 0 Å². The average molecular weight is 572 g/mol. The SMILES string of the molecule is CCOC(=O)CC1CCCN(CC=CC(=O)N2CCc3c(sc4ncnc(Nc5ccc(F)c(Cl)c5)c34)C2)C1. The first-order valence-electron chi connectivity index (χ1n) is 13.2. The highest BCUT2D eigenvalue weighted by atomic mass is 35.5. The summed E-state index contributed by atoms with van der Waals surface area (Å²) < 4.78 is 18.7. The van der Waals surface area contributed by atoms with Gasteiger partial charge in [0, 0.05) is 42.7 Å². The molecule has 8 nitrogen and oxygen atoms in total. The molecular weight excluding hydrogens is 541 g/mol. The quantitative estimate of drug-likeness (QED) is 0.289. The number of nitrogens with one attached hydrogen (secondary N) is 1. The van der Waals surface area contributed by atoms with Gasteiger partial charge in [0.1, 0.15) is 22.8 Å². The molecule has 1 aromatic carbocycles. The number of anilines is 2. The van der Waals surface area contributed by atoms with Crippen molar-refractivity contribution in [2.24, 2.45) is 5.92 Å². The maximum Gasteiger partial charge on any atom is 0.306 e. The summed E-state index contributed by atoms with van der Waals surface area (Å²) in [5.74, 6) is 0.328. The monoisotopic (exact) mass is 571 g/mol. The van der Waals surface area contributed by atoms with E-state index in [2.05, 4.69) is 20.2 Å². The third-order valence-corrected chi connectivity index (χ3v) is 8.53. The molecule has 206 valence electrons. The number of hydrogen-bond acceptors (Lipinski definition) is 8. The molecule has 0 spiro atoms. The van der Waals surface area contributed by atoms with Crippen molar-refractivity contribution < 1.29 is 18.7 Å². The summed E-state index contributed by atoms with van der Waals surface area (Å²) in [5, 5.41) is 4.22. The third kappa shape index (κ3) is 6.57. The number of likely N-dealkylation sites (tertiary alicyclic amines) is 1. The van der Waals surface area contributed by atoms with Gasteiger partial charge in [-0.15, -0.1) is 11.3 Å². The van der Waals surface area contributed by atoms with Crippen LogP contribution in [0.2, 0.25) is 5.02 Å². The number of piperidine rings is 1. The van der Waals surface area contributed by atoms with Crippen LogP contribution in [0.5, 0.6) is 0 Å². The van der Waals surface area contributed by atoms with Crippen LogP contribution in [0.15, 0.2) is 36.7 Å². The van der Waals surface area contributed by atoms with Gasteiger partial charge in [-0.2, -0.15) is 0 Å². The number of halogens is 2. The maximum atomic E-state index is 13.6. The number of aromatic nitrogens is 2. The molecule has 0 aliphatic carbocycles. The minimum Gasteiger partial charge on any atom is -0.466 e. The molecular formula is C28H31ClFN5O3S. The fourth-order valence-electron chi connectivity index (χ4n) is 5.27. The smallest absolute Gasteiger partial charge is 0.306 e. The number of benzene rings is 1. The Morgan fingerprint density at radius 1 is 1.31 bits per heavy atom. The first-order valence-corrected chi connectivity index (χ1v) is 14.4. The van der Waals surface area contributed by atoms with Gasteiger partial charge in [-0.3, -0.25) is 14.5 Å². The van der Waals surface area contributed by atoms with E-state index in [4.69, 9.17) is 16.3 Å². The van der Waals surface area contributed by atoms with E-state index in [0.717, 1.165) is 46.6 Å². The van der Waals surface area contributed by atoms with Crippen molar-refractivity contribution in [3.8, 4) is 0 Å². The Bertz CT molecular complexity index is 1400. The molecule has 5 rings (SSSR count). The Hall–Kier alpha value is -3.08. The summed E-state index contributed by atoms with van der Waals surface area (Å²) in [4.78, 5) is 39.8. The van der Waals surface area contributed by atoms with Crippen LogP contribution < -0.4 is 5.32 Å². The molecule has 1 N–H and O–H groups in total. The van der Waals surface area contributed by atoms with Crippen molar-refractivity contribution in [1.82, 2.24) is 19.8 Å². The van der Waals surface area contributed by atoms with E-state index in [9.17, 15) is 14.0 Å². The zero-order valence-electron chi connectivity index (χ0n) is 21.8. The summed E-state index contributed by atoms with van der Waals surface area (Å²) in [6, 6.07) is 4.46.